The van der Waals surface area contributed by atoms with Crippen LogP contribution in [0.25, 0.3) is 0 Å². The van der Waals surface area contributed by atoms with Crippen LogP contribution >= 0.6 is 11.6 Å². The van der Waals surface area contributed by atoms with E-state index in [9.17, 15) is 9.59 Å². The lowest BCUT2D eigenvalue weighted by Crippen LogP contribution is -2.53. The molecule has 0 aliphatic carbocycles. The summed E-state index contributed by atoms with van der Waals surface area (Å²) >= 11 is 6.48. The minimum absolute atomic E-state index is 0.0165. The summed E-state index contributed by atoms with van der Waals surface area (Å²) in [5.74, 6) is 0.201. The van der Waals surface area contributed by atoms with Gasteiger partial charge in [-0.3, -0.25) is 9.59 Å². The highest BCUT2D eigenvalue weighted by atomic mass is 35.5. The number of amides is 2. The van der Waals surface area contributed by atoms with Crippen LogP contribution < -0.4 is 10.1 Å². The van der Waals surface area contributed by atoms with Crippen LogP contribution in [0.3, 0.4) is 0 Å². The molecular weight excluding hydrogens is 484 g/mol. The number of hydrogen-bond donors (Lipinski definition) is 1. The Morgan fingerprint density at radius 3 is 2.35 bits per heavy atom. The number of nitrogens with zero attached hydrogens (tertiary/aromatic N) is 1. The van der Waals surface area contributed by atoms with Crippen molar-refractivity contribution in [1.29, 1.82) is 0 Å². The summed E-state index contributed by atoms with van der Waals surface area (Å²) in [4.78, 5) is 29.0. The zero-order chi connectivity index (χ0) is 26.9. The lowest BCUT2D eigenvalue weighted by Gasteiger charge is -2.32. The molecule has 0 unspecified atom stereocenters. The maximum atomic E-state index is 13.8. The van der Waals surface area contributed by atoms with Gasteiger partial charge < -0.3 is 15.0 Å². The highest BCUT2D eigenvalue weighted by Crippen LogP contribution is 2.24. The highest BCUT2D eigenvalue weighted by molar-refractivity contribution is 6.31. The van der Waals surface area contributed by atoms with E-state index < -0.39 is 6.04 Å². The average molecular weight is 521 g/mol. The molecule has 3 aromatic carbocycles. The number of halogens is 1. The van der Waals surface area contributed by atoms with Crippen molar-refractivity contribution in [2.24, 2.45) is 0 Å². The Morgan fingerprint density at radius 1 is 1.00 bits per heavy atom. The molecule has 37 heavy (non-hydrogen) atoms. The average Bonchev–Trinajstić information content (AvgIpc) is 2.88. The fourth-order valence-corrected chi connectivity index (χ4v) is 4.37. The summed E-state index contributed by atoms with van der Waals surface area (Å²) in [5.41, 5.74) is 4.90. The first-order valence-electron chi connectivity index (χ1n) is 12.8. The molecule has 0 aromatic heterocycles. The van der Waals surface area contributed by atoms with Gasteiger partial charge in [-0.1, -0.05) is 73.1 Å². The molecule has 0 saturated carbocycles. The van der Waals surface area contributed by atoms with Crippen molar-refractivity contribution in [3.05, 3.63) is 99.6 Å². The van der Waals surface area contributed by atoms with Gasteiger partial charge in [0, 0.05) is 24.0 Å². The van der Waals surface area contributed by atoms with Gasteiger partial charge in [-0.15, -0.1) is 0 Å². The molecule has 0 aliphatic heterocycles. The number of carbonyl (C=O) groups is 2. The highest BCUT2D eigenvalue weighted by Gasteiger charge is 2.31. The number of benzene rings is 3. The summed E-state index contributed by atoms with van der Waals surface area (Å²) in [5, 5.41) is 3.63. The van der Waals surface area contributed by atoms with Crippen molar-refractivity contribution >= 4 is 23.4 Å². The molecule has 0 saturated heterocycles. The molecule has 2 amide bonds. The first-order chi connectivity index (χ1) is 17.7. The second kappa shape index (κ2) is 13.3. The Kier molecular flexibility index (Phi) is 10.2. The number of hydrogen-bond acceptors (Lipinski definition) is 3. The summed E-state index contributed by atoms with van der Waals surface area (Å²) in [6, 6.07) is 20.4. The maximum Gasteiger partial charge on any atom is 0.261 e. The van der Waals surface area contributed by atoms with Crippen molar-refractivity contribution < 1.29 is 14.3 Å². The van der Waals surface area contributed by atoms with Gasteiger partial charge in [-0.25, -0.2) is 0 Å². The third-order valence-corrected chi connectivity index (χ3v) is 7.05. The van der Waals surface area contributed by atoms with Crippen LogP contribution in [-0.4, -0.2) is 35.4 Å². The van der Waals surface area contributed by atoms with E-state index in [-0.39, 0.29) is 31.0 Å². The number of carbonyl (C=O) groups excluding carboxylic acids is 2. The van der Waals surface area contributed by atoms with Crippen LogP contribution in [-0.2, 0) is 22.6 Å². The molecule has 196 valence electrons. The maximum absolute atomic E-state index is 13.8. The fraction of sp³-hybridized carbons (Fsp3) is 0.355. The number of rotatable bonds is 11. The monoisotopic (exact) mass is 520 g/mol. The molecule has 3 rings (SSSR count). The van der Waals surface area contributed by atoms with E-state index >= 15 is 0 Å². The van der Waals surface area contributed by atoms with Gasteiger partial charge >= 0.3 is 0 Å². The van der Waals surface area contributed by atoms with Gasteiger partial charge in [0.15, 0.2) is 6.61 Å². The predicted octanol–water partition coefficient (Wildman–Crippen LogP) is 6.20. The van der Waals surface area contributed by atoms with Crippen molar-refractivity contribution in [2.45, 2.75) is 66.1 Å². The van der Waals surface area contributed by atoms with E-state index in [1.165, 1.54) is 0 Å². The van der Waals surface area contributed by atoms with Gasteiger partial charge in [0.2, 0.25) is 5.91 Å². The van der Waals surface area contributed by atoms with Crippen LogP contribution in [0.1, 0.15) is 48.1 Å². The van der Waals surface area contributed by atoms with E-state index in [4.69, 9.17) is 16.3 Å². The van der Waals surface area contributed by atoms with Crippen molar-refractivity contribution in [3.8, 4) is 5.75 Å². The van der Waals surface area contributed by atoms with Crippen LogP contribution in [0.15, 0.2) is 66.7 Å². The van der Waals surface area contributed by atoms with E-state index in [1.54, 1.807) is 11.0 Å². The summed E-state index contributed by atoms with van der Waals surface area (Å²) in [7, 11) is 0. The first-order valence-corrected chi connectivity index (χ1v) is 13.1. The fourth-order valence-electron chi connectivity index (χ4n) is 4.18. The molecule has 0 fully saturated rings. The predicted molar refractivity (Wildman–Crippen MR) is 150 cm³/mol. The second-order valence-corrected chi connectivity index (χ2v) is 10.0. The molecule has 0 bridgehead atoms. The molecule has 0 heterocycles. The molecule has 0 aliphatic rings. The quantitative estimate of drug-likeness (QED) is 0.327. The summed E-state index contributed by atoms with van der Waals surface area (Å²) in [6.07, 6.45) is 1.17. The lowest BCUT2D eigenvalue weighted by molar-refractivity contribution is -0.143. The first kappa shape index (κ1) is 28.3. The summed E-state index contributed by atoms with van der Waals surface area (Å²) in [6.45, 7) is 9.99. The molecule has 2 atom stereocenters. The zero-order valence-electron chi connectivity index (χ0n) is 22.4. The third-order valence-electron chi connectivity index (χ3n) is 6.69. The van der Waals surface area contributed by atoms with Crippen LogP contribution in [0.4, 0.5) is 0 Å². The Hall–Kier alpha value is -3.31. The topological polar surface area (TPSA) is 58.6 Å². The Balaban J connectivity index is 1.96. The van der Waals surface area contributed by atoms with Gasteiger partial charge in [-0.2, -0.15) is 0 Å². The smallest absolute Gasteiger partial charge is 0.261 e. The SMILES string of the molecule is CC[C@H](C)NC(=O)[C@@H](Cc1ccccc1)N(Cc1ccccc1Cl)C(=O)COc1cc(C)cc(C)c1C. The minimum Gasteiger partial charge on any atom is -0.483 e. The molecule has 6 heteroatoms. The normalized spacial score (nSPS) is 12.5. The zero-order valence-corrected chi connectivity index (χ0v) is 23.1. The Bertz CT molecular complexity index is 1210. The molecule has 1 N–H and O–H groups in total. The molecule has 0 radical (unpaired) electrons. The van der Waals surface area contributed by atoms with Crippen molar-refractivity contribution in [1.82, 2.24) is 10.2 Å². The van der Waals surface area contributed by atoms with Crippen molar-refractivity contribution in [2.75, 3.05) is 6.61 Å². The van der Waals surface area contributed by atoms with E-state index in [1.807, 2.05) is 89.2 Å². The molecular formula is C31H37ClN2O3. The van der Waals surface area contributed by atoms with Gasteiger partial charge in [0.1, 0.15) is 11.8 Å². The molecule has 5 nitrogen and oxygen atoms in total. The standard InChI is InChI=1S/C31H37ClN2O3/c1-6-23(4)33-31(36)28(18-25-12-8-7-9-13-25)34(19-26-14-10-11-15-27(26)32)30(35)20-37-29-17-21(2)16-22(3)24(29)5/h7-17,23,28H,6,18-20H2,1-5H3,(H,33,36)/t23-,28+/m0/s1. The van der Waals surface area contributed by atoms with Gasteiger partial charge in [-0.05, 0) is 74.1 Å². The molecule has 0 spiro atoms. The van der Waals surface area contributed by atoms with Gasteiger partial charge in [0.05, 0.1) is 0 Å². The molecule has 3 aromatic rings. The third kappa shape index (κ3) is 7.83. The van der Waals surface area contributed by atoms with Gasteiger partial charge in [0.25, 0.3) is 5.91 Å². The van der Waals surface area contributed by atoms with Crippen molar-refractivity contribution in [3.63, 3.8) is 0 Å². The Morgan fingerprint density at radius 2 is 1.68 bits per heavy atom. The van der Waals surface area contributed by atoms with Crippen LogP contribution in [0, 0.1) is 20.8 Å². The van der Waals surface area contributed by atoms with Crippen LogP contribution in [0.2, 0.25) is 5.02 Å². The lowest BCUT2D eigenvalue weighted by atomic mass is 10.0. The van der Waals surface area contributed by atoms with E-state index in [2.05, 4.69) is 11.4 Å². The van der Waals surface area contributed by atoms with E-state index in [0.717, 1.165) is 34.2 Å². The Labute approximate surface area is 225 Å². The number of nitrogens with one attached hydrogen (secondary N) is 1. The van der Waals surface area contributed by atoms with E-state index in [0.29, 0.717) is 17.2 Å². The summed E-state index contributed by atoms with van der Waals surface area (Å²) < 4.78 is 6.04. The van der Waals surface area contributed by atoms with Crippen LogP contribution in [0.5, 0.6) is 5.75 Å². The largest absolute Gasteiger partial charge is 0.483 e. The number of ether oxygens (including phenoxy) is 1. The minimum atomic E-state index is -0.732. The number of aryl methyl sites for hydroxylation is 2. The second-order valence-electron chi connectivity index (χ2n) is 9.63.